The van der Waals surface area contributed by atoms with E-state index in [1.807, 2.05) is 28.0 Å². The van der Waals surface area contributed by atoms with Crippen LogP contribution in [0.3, 0.4) is 0 Å². The zero-order valence-corrected chi connectivity index (χ0v) is 17.2. The normalized spacial score (nSPS) is 18.3. The summed E-state index contributed by atoms with van der Waals surface area (Å²) in [6.07, 6.45) is 0.822. The van der Waals surface area contributed by atoms with Crippen molar-refractivity contribution in [3.05, 3.63) is 65.2 Å². The first-order valence-corrected chi connectivity index (χ1v) is 11.3. The molecule has 0 saturated carbocycles. The van der Waals surface area contributed by atoms with Crippen molar-refractivity contribution in [2.45, 2.75) is 17.9 Å². The molecule has 0 atom stereocenters. The van der Waals surface area contributed by atoms with Crippen LogP contribution in [0.4, 0.5) is 8.78 Å². The molecule has 0 aliphatic carbocycles. The van der Waals surface area contributed by atoms with Gasteiger partial charge in [-0.15, -0.1) is 0 Å². The van der Waals surface area contributed by atoms with Gasteiger partial charge in [0.25, 0.3) is 0 Å². The van der Waals surface area contributed by atoms with Crippen LogP contribution in [-0.4, -0.2) is 67.7 Å². The summed E-state index contributed by atoms with van der Waals surface area (Å²) in [5, 5.41) is 0. The van der Waals surface area contributed by atoms with Crippen LogP contribution in [0.15, 0.2) is 47.4 Å². The highest BCUT2D eigenvalue weighted by Crippen LogP contribution is 2.24. The number of sulfonamides is 1. The van der Waals surface area contributed by atoms with Crippen LogP contribution in [0.5, 0.6) is 0 Å². The minimum absolute atomic E-state index is 0.000887. The van der Waals surface area contributed by atoms with E-state index in [0.29, 0.717) is 26.2 Å². The van der Waals surface area contributed by atoms with Gasteiger partial charge in [0.05, 0.1) is 6.54 Å². The van der Waals surface area contributed by atoms with Crippen molar-refractivity contribution in [2.24, 2.45) is 0 Å². The number of piperazine rings is 1. The number of benzene rings is 2. The Hall–Kier alpha value is -2.36. The maximum absolute atomic E-state index is 14.0. The fraction of sp³-hybridized carbons (Fsp3) is 0.381. The highest BCUT2D eigenvalue weighted by atomic mass is 32.2. The zero-order valence-electron chi connectivity index (χ0n) is 16.4. The summed E-state index contributed by atoms with van der Waals surface area (Å²) in [5.74, 6) is -2.20. The molecule has 2 aromatic carbocycles. The van der Waals surface area contributed by atoms with E-state index in [2.05, 4.69) is 6.07 Å². The van der Waals surface area contributed by atoms with E-state index in [1.165, 1.54) is 5.56 Å². The van der Waals surface area contributed by atoms with E-state index in [1.54, 1.807) is 0 Å². The molecule has 30 heavy (non-hydrogen) atoms. The van der Waals surface area contributed by atoms with Gasteiger partial charge in [0.2, 0.25) is 15.9 Å². The second-order valence-corrected chi connectivity index (χ2v) is 9.44. The summed E-state index contributed by atoms with van der Waals surface area (Å²) >= 11 is 0. The minimum atomic E-state index is -4.27. The minimum Gasteiger partial charge on any atom is -0.337 e. The average Bonchev–Trinajstić information content (AvgIpc) is 2.73. The largest absolute Gasteiger partial charge is 0.337 e. The van der Waals surface area contributed by atoms with Crippen LogP contribution in [-0.2, 0) is 27.8 Å². The SMILES string of the molecule is O=C(CN1CCN(S(=O)(=O)c2c(F)cccc2F)CC1)N1CCc2ccccc2C1. The molecule has 2 aromatic rings. The maximum Gasteiger partial charge on any atom is 0.249 e. The molecule has 160 valence electrons. The second-order valence-electron chi connectivity index (χ2n) is 7.57. The molecule has 1 amide bonds. The number of carbonyl (C=O) groups is 1. The molecule has 4 rings (SSSR count). The summed E-state index contributed by atoms with van der Waals surface area (Å²) < 4.78 is 54.3. The Labute approximate surface area is 174 Å². The van der Waals surface area contributed by atoms with Crippen LogP contribution in [0.2, 0.25) is 0 Å². The Balaban J connectivity index is 1.35. The Morgan fingerprint density at radius 3 is 2.17 bits per heavy atom. The number of fused-ring (bicyclic) bond motifs is 1. The Kier molecular flexibility index (Phi) is 5.86. The highest BCUT2D eigenvalue weighted by Gasteiger charge is 2.34. The van der Waals surface area contributed by atoms with E-state index in [9.17, 15) is 22.0 Å². The molecule has 2 heterocycles. The predicted octanol–water partition coefficient (Wildman–Crippen LogP) is 1.86. The molecule has 0 unspecified atom stereocenters. The third-order valence-corrected chi connectivity index (χ3v) is 7.64. The molecular formula is C21H23F2N3O3S. The third kappa shape index (κ3) is 4.10. The van der Waals surface area contributed by atoms with Gasteiger partial charge in [-0.2, -0.15) is 4.31 Å². The van der Waals surface area contributed by atoms with Gasteiger partial charge in [0.15, 0.2) is 4.90 Å². The maximum atomic E-state index is 14.0. The number of hydrogen-bond acceptors (Lipinski definition) is 4. The lowest BCUT2D eigenvalue weighted by atomic mass is 10.00. The lowest BCUT2D eigenvalue weighted by Crippen LogP contribution is -2.52. The molecule has 2 aliphatic heterocycles. The first kappa shape index (κ1) is 20.9. The molecule has 2 aliphatic rings. The molecule has 0 aromatic heterocycles. The Morgan fingerprint density at radius 2 is 1.50 bits per heavy atom. The number of nitrogens with zero attached hydrogens (tertiary/aromatic N) is 3. The van der Waals surface area contributed by atoms with Crippen molar-refractivity contribution in [3.8, 4) is 0 Å². The monoisotopic (exact) mass is 435 g/mol. The van der Waals surface area contributed by atoms with Crippen molar-refractivity contribution in [3.63, 3.8) is 0 Å². The summed E-state index contributed by atoms with van der Waals surface area (Å²) in [7, 11) is -4.27. The van der Waals surface area contributed by atoms with E-state index in [4.69, 9.17) is 0 Å². The van der Waals surface area contributed by atoms with Gasteiger partial charge < -0.3 is 4.90 Å². The summed E-state index contributed by atoms with van der Waals surface area (Å²) in [6, 6.07) is 11.1. The Bertz CT molecular complexity index is 1030. The lowest BCUT2D eigenvalue weighted by Gasteiger charge is -2.35. The van der Waals surface area contributed by atoms with Gasteiger partial charge in [-0.05, 0) is 29.7 Å². The fourth-order valence-electron chi connectivity index (χ4n) is 3.99. The van der Waals surface area contributed by atoms with Gasteiger partial charge in [-0.3, -0.25) is 9.69 Å². The molecular weight excluding hydrogens is 412 g/mol. The number of amides is 1. The average molecular weight is 435 g/mol. The van der Waals surface area contributed by atoms with Crippen molar-refractivity contribution < 1.29 is 22.0 Å². The van der Waals surface area contributed by atoms with E-state index >= 15 is 0 Å². The van der Waals surface area contributed by atoms with Crippen molar-refractivity contribution in [1.82, 2.24) is 14.1 Å². The third-order valence-electron chi connectivity index (χ3n) is 5.69. The standard InChI is InChI=1S/C21H23F2N3O3S/c22-18-6-3-7-19(23)21(18)30(28,29)26-12-10-24(11-13-26)15-20(27)25-9-8-16-4-1-2-5-17(16)14-25/h1-7H,8-15H2. The highest BCUT2D eigenvalue weighted by molar-refractivity contribution is 7.89. The summed E-state index contributed by atoms with van der Waals surface area (Å²) in [6.45, 7) is 2.24. The van der Waals surface area contributed by atoms with Crippen LogP contribution >= 0.6 is 0 Å². The quantitative estimate of drug-likeness (QED) is 0.736. The number of hydrogen-bond donors (Lipinski definition) is 0. The van der Waals surface area contributed by atoms with Gasteiger partial charge in [-0.25, -0.2) is 17.2 Å². The van der Waals surface area contributed by atoms with Gasteiger partial charge in [0.1, 0.15) is 11.6 Å². The smallest absolute Gasteiger partial charge is 0.249 e. The van der Waals surface area contributed by atoms with Crippen molar-refractivity contribution in [1.29, 1.82) is 0 Å². The number of rotatable bonds is 4. The molecule has 0 bridgehead atoms. The van der Waals surface area contributed by atoms with Crippen LogP contribution in [0, 0.1) is 11.6 Å². The van der Waals surface area contributed by atoms with Crippen LogP contribution in [0.25, 0.3) is 0 Å². The molecule has 0 radical (unpaired) electrons. The Morgan fingerprint density at radius 1 is 0.867 bits per heavy atom. The lowest BCUT2D eigenvalue weighted by molar-refractivity contribution is -0.133. The topological polar surface area (TPSA) is 60.9 Å². The molecule has 1 fully saturated rings. The molecule has 6 nitrogen and oxygen atoms in total. The first-order chi connectivity index (χ1) is 14.4. The zero-order chi connectivity index (χ0) is 21.3. The first-order valence-electron chi connectivity index (χ1n) is 9.87. The fourth-order valence-corrected chi connectivity index (χ4v) is 5.52. The molecule has 0 spiro atoms. The predicted molar refractivity (Wildman–Crippen MR) is 107 cm³/mol. The second kappa shape index (κ2) is 8.41. The van der Waals surface area contributed by atoms with Gasteiger partial charge >= 0.3 is 0 Å². The van der Waals surface area contributed by atoms with Gasteiger partial charge in [-0.1, -0.05) is 30.3 Å². The van der Waals surface area contributed by atoms with E-state index in [0.717, 1.165) is 34.5 Å². The van der Waals surface area contributed by atoms with Crippen molar-refractivity contribution in [2.75, 3.05) is 39.3 Å². The summed E-state index contributed by atoms with van der Waals surface area (Å²) in [5.41, 5.74) is 2.42. The van der Waals surface area contributed by atoms with Gasteiger partial charge in [0, 0.05) is 39.3 Å². The van der Waals surface area contributed by atoms with Crippen molar-refractivity contribution >= 4 is 15.9 Å². The number of halogens is 2. The van der Waals surface area contributed by atoms with E-state index < -0.39 is 26.6 Å². The van der Waals surface area contributed by atoms with Crippen LogP contribution in [0.1, 0.15) is 11.1 Å². The van der Waals surface area contributed by atoms with E-state index in [-0.39, 0.29) is 25.5 Å². The van der Waals surface area contributed by atoms with Crippen LogP contribution < -0.4 is 0 Å². The molecule has 0 N–H and O–H groups in total. The molecule has 9 heteroatoms. The molecule has 1 saturated heterocycles. The summed E-state index contributed by atoms with van der Waals surface area (Å²) in [4.78, 5) is 15.5. The number of carbonyl (C=O) groups excluding carboxylic acids is 1.